The molecule has 2 heteroatoms. The van der Waals surface area contributed by atoms with E-state index in [-0.39, 0.29) is 6.10 Å². The first-order chi connectivity index (χ1) is 8.34. The SMILES string of the molecule is OC(c1ccc2cccnc2c1)C1CCCC1. The van der Waals surface area contributed by atoms with Crippen molar-refractivity contribution in [2.75, 3.05) is 0 Å². The summed E-state index contributed by atoms with van der Waals surface area (Å²) in [5.41, 5.74) is 1.99. The van der Waals surface area contributed by atoms with Crippen molar-refractivity contribution in [2.24, 2.45) is 5.92 Å². The molecule has 88 valence electrons. The summed E-state index contributed by atoms with van der Waals surface area (Å²) in [6.45, 7) is 0. The van der Waals surface area contributed by atoms with Gasteiger partial charge in [-0.2, -0.15) is 0 Å². The van der Waals surface area contributed by atoms with Gasteiger partial charge in [0.25, 0.3) is 0 Å². The third-order valence-corrected chi connectivity index (χ3v) is 3.82. The molecule has 0 radical (unpaired) electrons. The topological polar surface area (TPSA) is 33.1 Å². The van der Waals surface area contributed by atoms with Gasteiger partial charge in [-0.05, 0) is 36.5 Å². The Morgan fingerprint density at radius 3 is 2.82 bits per heavy atom. The first kappa shape index (κ1) is 10.7. The predicted molar refractivity (Wildman–Crippen MR) is 68.7 cm³/mol. The molecule has 0 aliphatic heterocycles. The predicted octanol–water partition coefficient (Wildman–Crippen LogP) is 3.46. The van der Waals surface area contributed by atoms with Crippen molar-refractivity contribution in [1.82, 2.24) is 4.98 Å². The molecule has 2 nitrogen and oxygen atoms in total. The van der Waals surface area contributed by atoms with Crippen molar-refractivity contribution in [3.05, 3.63) is 42.1 Å². The average Bonchev–Trinajstić information content (AvgIpc) is 2.91. The van der Waals surface area contributed by atoms with E-state index < -0.39 is 0 Å². The van der Waals surface area contributed by atoms with E-state index in [0.717, 1.165) is 29.3 Å². The number of hydrogen-bond acceptors (Lipinski definition) is 2. The smallest absolute Gasteiger partial charge is 0.0818 e. The Kier molecular flexibility index (Phi) is 2.81. The molecule has 0 amide bonds. The van der Waals surface area contributed by atoms with E-state index in [1.807, 2.05) is 24.3 Å². The zero-order chi connectivity index (χ0) is 11.7. The second kappa shape index (κ2) is 4.46. The highest BCUT2D eigenvalue weighted by Crippen LogP contribution is 2.36. The number of rotatable bonds is 2. The van der Waals surface area contributed by atoms with Crippen LogP contribution in [0.15, 0.2) is 36.5 Å². The van der Waals surface area contributed by atoms with Crippen LogP contribution in [0.2, 0.25) is 0 Å². The molecule has 1 N–H and O–H groups in total. The number of aliphatic hydroxyl groups is 1. The lowest BCUT2D eigenvalue weighted by molar-refractivity contribution is 0.112. The van der Waals surface area contributed by atoms with Crippen LogP contribution in [0.1, 0.15) is 37.4 Å². The molecule has 1 atom stereocenters. The second-order valence-corrected chi connectivity index (χ2v) is 4.94. The van der Waals surface area contributed by atoms with Crippen LogP contribution in [0, 0.1) is 5.92 Å². The highest BCUT2D eigenvalue weighted by Gasteiger charge is 2.24. The Balaban J connectivity index is 1.94. The third-order valence-electron chi connectivity index (χ3n) is 3.82. The first-order valence-electron chi connectivity index (χ1n) is 6.37. The molecule has 0 spiro atoms. The molecule has 1 fully saturated rings. The summed E-state index contributed by atoms with van der Waals surface area (Å²) in [6, 6.07) is 10.1. The van der Waals surface area contributed by atoms with Crippen molar-refractivity contribution in [2.45, 2.75) is 31.8 Å². The summed E-state index contributed by atoms with van der Waals surface area (Å²) < 4.78 is 0. The molecule has 1 aliphatic carbocycles. The first-order valence-corrected chi connectivity index (χ1v) is 6.37. The molecule has 17 heavy (non-hydrogen) atoms. The Morgan fingerprint density at radius 1 is 1.18 bits per heavy atom. The molecule has 1 aromatic carbocycles. The van der Waals surface area contributed by atoms with Crippen molar-refractivity contribution in [3.8, 4) is 0 Å². The minimum Gasteiger partial charge on any atom is -0.388 e. The van der Waals surface area contributed by atoms with Crippen molar-refractivity contribution < 1.29 is 5.11 Å². The Bertz CT molecular complexity index is 517. The van der Waals surface area contributed by atoms with Crippen molar-refractivity contribution in [3.63, 3.8) is 0 Å². The summed E-state index contributed by atoms with van der Waals surface area (Å²) >= 11 is 0. The number of nitrogens with zero attached hydrogens (tertiary/aromatic N) is 1. The van der Waals surface area contributed by atoms with E-state index in [1.165, 1.54) is 12.8 Å². The molecule has 0 bridgehead atoms. The molecule has 1 saturated carbocycles. The van der Waals surface area contributed by atoms with E-state index in [0.29, 0.717) is 5.92 Å². The van der Waals surface area contributed by atoms with Gasteiger partial charge in [0, 0.05) is 11.6 Å². The van der Waals surface area contributed by atoms with Crippen LogP contribution in [-0.2, 0) is 0 Å². The number of aliphatic hydroxyl groups excluding tert-OH is 1. The number of fused-ring (bicyclic) bond motifs is 1. The highest BCUT2D eigenvalue weighted by molar-refractivity contribution is 5.78. The van der Waals surface area contributed by atoms with Gasteiger partial charge in [0.2, 0.25) is 0 Å². The highest BCUT2D eigenvalue weighted by atomic mass is 16.3. The summed E-state index contributed by atoms with van der Waals surface area (Å²) in [5, 5.41) is 11.5. The number of aromatic nitrogens is 1. The van der Waals surface area contributed by atoms with Crippen LogP contribution in [0.4, 0.5) is 0 Å². The standard InChI is InChI=1S/C15H17NO/c17-15(12-4-1-2-5-12)13-8-7-11-6-3-9-16-14(11)10-13/h3,6-10,12,15,17H,1-2,4-5H2. The molecular weight excluding hydrogens is 210 g/mol. The fourth-order valence-electron chi connectivity index (χ4n) is 2.81. The van der Waals surface area contributed by atoms with E-state index in [1.54, 1.807) is 6.20 Å². The maximum absolute atomic E-state index is 10.4. The maximum Gasteiger partial charge on any atom is 0.0818 e. The third kappa shape index (κ3) is 2.05. The minimum atomic E-state index is -0.316. The summed E-state index contributed by atoms with van der Waals surface area (Å²) in [6.07, 6.45) is 6.31. The monoisotopic (exact) mass is 227 g/mol. The van der Waals surface area contributed by atoms with Gasteiger partial charge in [-0.25, -0.2) is 0 Å². The van der Waals surface area contributed by atoms with Gasteiger partial charge >= 0.3 is 0 Å². The summed E-state index contributed by atoms with van der Waals surface area (Å²) in [4.78, 5) is 4.34. The Labute approximate surface area is 101 Å². The average molecular weight is 227 g/mol. The quantitative estimate of drug-likeness (QED) is 0.852. The lowest BCUT2D eigenvalue weighted by atomic mass is 9.94. The number of hydrogen-bond donors (Lipinski definition) is 1. The van der Waals surface area contributed by atoms with Crippen LogP contribution < -0.4 is 0 Å². The zero-order valence-corrected chi connectivity index (χ0v) is 9.84. The molecule has 3 rings (SSSR count). The molecular formula is C15H17NO. The van der Waals surface area contributed by atoms with Crippen LogP contribution in [0.5, 0.6) is 0 Å². The maximum atomic E-state index is 10.4. The van der Waals surface area contributed by atoms with Gasteiger partial charge in [0.15, 0.2) is 0 Å². The molecule has 1 unspecified atom stereocenters. The van der Waals surface area contributed by atoms with Gasteiger partial charge in [-0.15, -0.1) is 0 Å². The van der Waals surface area contributed by atoms with Crippen LogP contribution in [0.25, 0.3) is 10.9 Å². The molecule has 2 aromatic rings. The lowest BCUT2D eigenvalue weighted by Gasteiger charge is -2.18. The Morgan fingerprint density at radius 2 is 2.00 bits per heavy atom. The minimum absolute atomic E-state index is 0.316. The van der Waals surface area contributed by atoms with E-state index >= 15 is 0 Å². The fourth-order valence-corrected chi connectivity index (χ4v) is 2.81. The Hall–Kier alpha value is -1.41. The van der Waals surface area contributed by atoms with Crippen LogP contribution >= 0.6 is 0 Å². The van der Waals surface area contributed by atoms with Gasteiger partial charge < -0.3 is 5.11 Å². The van der Waals surface area contributed by atoms with E-state index in [2.05, 4.69) is 11.1 Å². The molecule has 1 aliphatic rings. The number of benzene rings is 1. The molecule has 0 saturated heterocycles. The molecule has 1 heterocycles. The van der Waals surface area contributed by atoms with E-state index in [4.69, 9.17) is 0 Å². The molecule has 1 aromatic heterocycles. The van der Waals surface area contributed by atoms with Gasteiger partial charge in [0.1, 0.15) is 0 Å². The van der Waals surface area contributed by atoms with E-state index in [9.17, 15) is 5.11 Å². The van der Waals surface area contributed by atoms with Crippen molar-refractivity contribution >= 4 is 10.9 Å². The van der Waals surface area contributed by atoms with Gasteiger partial charge in [-0.3, -0.25) is 4.98 Å². The van der Waals surface area contributed by atoms with Gasteiger partial charge in [0.05, 0.1) is 11.6 Å². The van der Waals surface area contributed by atoms with Crippen LogP contribution in [0.3, 0.4) is 0 Å². The zero-order valence-electron chi connectivity index (χ0n) is 9.84. The second-order valence-electron chi connectivity index (χ2n) is 4.94. The number of pyridine rings is 1. The van der Waals surface area contributed by atoms with Crippen LogP contribution in [-0.4, -0.2) is 10.1 Å². The largest absolute Gasteiger partial charge is 0.388 e. The lowest BCUT2D eigenvalue weighted by Crippen LogP contribution is -2.08. The normalized spacial score (nSPS) is 18.6. The summed E-state index contributed by atoms with van der Waals surface area (Å²) in [7, 11) is 0. The van der Waals surface area contributed by atoms with Crippen molar-refractivity contribution in [1.29, 1.82) is 0 Å². The van der Waals surface area contributed by atoms with Gasteiger partial charge in [-0.1, -0.05) is 31.0 Å². The summed E-state index contributed by atoms with van der Waals surface area (Å²) in [5.74, 6) is 0.441. The fraction of sp³-hybridized carbons (Fsp3) is 0.400.